The van der Waals surface area contributed by atoms with E-state index in [9.17, 15) is 4.39 Å². The number of aryl methyl sites for hydroxylation is 2. The third-order valence-corrected chi connectivity index (χ3v) is 5.99. The minimum absolute atomic E-state index is 0.206. The third kappa shape index (κ3) is 3.01. The Labute approximate surface area is 175 Å². The molecule has 6 heteroatoms. The van der Waals surface area contributed by atoms with E-state index in [2.05, 4.69) is 13.8 Å². The molecule has 0 saturated carbocycles. The summed E-state index contributed by atoms with van der Waals surface area (Å²) in [5.41, 5.74) is 3.15. The highest BCUT2D eigenvalue weighted by molar-refractivity contribution is 5.86. The number of halogens is 2. The lowest BCUT2D eigenvalue weighted by atomic mass is 9.79. The first-order valence-corrected chi connectivity index (χ1v) is 10.6. The van der Waals surface area contributed by atoms with Crippen LogP contribution in [0.15, 0.2) is 30.3 Å². The second-order valence-corrected chi connectivity index (χ2v) is 8.66. The van der Waals surface area contributed by atoms with Crippen LogP contribution in [0, 0.1) is 11.6 Å². The molecule has 0 amide bonds. The van der Waals surface area contributed by atoms with Crippen LogP contribution in [0.5, 0.6) is 0 Å². The molecule has 4 rings (SSSR count). The van der Waals surface area contributed by atoms with Crippen molar-refractivity contribution in [3.63, 3.8) is 0 Å². The normalized spacial score (nSPS) is 12.6. The van der Waals surface area contributed by atoms with Crippen LogP contribution in [0.3, 0.4) is 0 Å². The Morgan fingerprint density at radius 3 is 2.17 bits per heavy atom. The Morgan fingerprint density at radius 2 is 1.53 bits per heavy atom. The molecule has 0 N–H and O–H groups in total. The maximum absolute atomic E-state index is 15.5. The van der Waals surface area contributed by atoms with Crippen molar-refractivity contribution >= 4 is 21.8 Å². The molecule has 0 aliphatic heterocycles. The van der Waals surface area contributed by atoms with Gasteiger partial charge in [0.2, 0.25) is 0 Å². The third-order valence-electron chi connectivity index (χ3n) is 5.99. The largest absolute Gasteiger partial charge is 0.265 e. The van der Waals surface area contributed by atoms with E-state index in [4.69, 9.17) is 10.2 Å². The van der Waals surface area contributed by atoms with Gasteiger partial charge in [-0.15, -0.1) is 0 Å². The molecule has 0 fully saturated rings. The van der Waals surface area contributed by atoms with E-state index < -0.39 is 5.41 Å². The van der Waals surface area contributed by atoms with Gasteiger partial charge in [-0.25, -0.2) is 8.78 Å². The first-order chi connectivity index (χ1) is 14.2. The summed E-state index contributed by atoms with van der Waals surface area (Å²) in [5.74, 6) is -0.369. The number of hydrogen-bond acceptors (Lipinski definition) is 2. The van der Waals surface area contributed by atoms with Crippen molar-refractivity contribution in [3.05, 3.63) is 58.9 Å². The Hall–Kier alpha value is -2.76. The van der Waals surface area contributed by atoms with E-state index in [1.54, 1.807) is 16.8 Å². The monoisotopic (exact) mass is 410 g/mol. The predicted molar refractivity (Wildman–Crippen MR) is 117 cm³/mol. The number of rotatable bonds is 5. The molecule has 0 aliphatic rings. The molecule has 0 saturated heterocycles. The standard InChI is InChI=1S/C24H28F2N4/c1-7-29-21-13-18(19(26)12-17(21)22(27-29)14(3)4)24(5,6)23-16-10-9-15(25)11-20(16)30(8-2)28-23/h9-14H,7-8H2,1-6H3. The number of nitrogens with zero attached hydrogens (tertiary/aromatic N) is 4. The van der Waals surface area contributed by atoms with Gasteiger partial charge in [-0.3, -0.25) is 9.36 Å². The van der Waals surface area contributed by atoms with Gasteiger partial charge in [0.1, 0.15) is 11.6 Å². The zero-order valence-electron chi connectivity index (χ0n) is 18.4. The molecule has 0 atom stereocenters. The van der Waals surface area contributed by atoms with E-state index in [1.807, 2.05) is 38.4 Å². The van der Waals surface area contributed by atoms with Crippen molar-refractivity contribution in [1.82, 2.24) is 19.6 Å². The van der Waals surface area contributed by atoms with Gasteiger partial charge in [0.25, 0.3) is 0 Å². The lowest BCUT2D eigenvalue weighted by Crippen LogP contribution is -2.22. The Kier molecular flexibility index (Phi) is 4.91. The van der Waals surface area contributed by atoms with Crippen molar-refractivity contribution < 1.29 is 8.78 Å². The highest BCUT2D eigenvalue weighted by Crippen LogP contribution is 2.39. The summed E-state index contributed by atoms with van der Waals surface area (Å²) in [6, 6.07) is 8.19. The van der Waals surface area contributed by atoms with E-state index in [0.717, 1.165) is 33.2 Å². The van der Waals surface area contributed by atoms with Gasteiger partial charge in [-0.1, -0.05) is 13.8 Å². The maximum atomic E-state index is 15.5. The van der Waals surface area contributed by atoms with Gasteiger partial charge in [0.15, 0.2) is 0 Å². The molecule has 0 radical (unpaired) electrons. The molecule has 0 aliphatic carbocycles. The van der Waals surface area contributed by atoms with Crippen LogP contribution in [0.25, 0.3) is 21.8 Å². The van der Waals surface area contributed by atoms with Crippen LogP contribution in [-0.2, 0) is 18.5 Å². The lowest BCUT2D eigenvalue weighted by Gasteiger charge is -2.25. The van der Waals surface area contributed by atoms with E-state index in [-0.39, 0.29) is 17.6 Å². The fourth-order valence-electron chi connectivity index (χ4n) is 4.34. The summed E-state index contributed by atoms with van der Waals surface area (Å²) in [5, 5.41) is 11.2. The molecular weight excluding hydrogens is 382 g/mol. The number of hydrogen-bond donors (Lipinski definition) is 0. The summed E-state index contributed by atoms with van der Waals surface area (Å²) in [6.45, 7) is 13.4. The first-order valence-electron chi connectivity index (χ1n) is 10.6. The van der Waals surface area contributed by atoms with Crippen molar-refractivity contribution in [2.45, 2.75) is 66.0 Å². The van der Waals surface area contributed by atoms with Gasteiger partial charge in [0, 0.05) is 34.8 Å². The van der Waals surface area contributed by atoms with E-state index in [1.165, 1.54) is 12.1 Å². The predicted octanol–water partition coefficient (Wildman–Crippen LogP) is 6.15. The Balaban J connectivity index is 1.98. The van der Waals surface area contributed by atoms with Gasteiger partial charge in [-0.05, 0) is 63.9 Å². The molecular formula is C24H28F2N4. The zero-order chi connectivity index (χ0) is 21.8. The second-order valence-electron chi connectivity index (χ2n) is 8.66. The Morgan fingerprint density at radius 1 is 0.900 bits per heavy atom. The van der Waals surface area contributed by atoms with Crippen molar-refractivity contribution in [1.29, 1.82) is 0 Å². The van der Waals surface area contributed by atoms with E-state index >= 15 is 4.39 Å². The second kappa shape index (κ2) is 7.18. The minimum Gasteiger partial charge on any atom is -0.265 e. The number of benzene rings is 2. The quantitative estimate of drug-likeness (QED) is 0.395. The SMILES string of the molecule is CCn1nc(C(C)C)c2cc(F)c(C(C)(C)c3nn(CC)c4cc(F)ccc34)cc21. The summed E-state index contributed by atoms with van der Waals surface area (Å²) < 4.78 is 33.0. The number of aromatic nitrogens is 4. The van der Waals surface area contributed by atoms with E-state index in [0.29, 0.717) is 18.7 Å². The van der Waals surface area contributed by atoms with Crippen LogP contribution in [-0.4, -0.2) is 19.6 Å². The van der Waals surface area contributed by atoms with Crippen molar-refractivity contribution in [2.24, 2.45) is 0 Å². The van der Waals surface area contributed by atoms with Crippen LogP contribution in [0.1, 0.15) is 64.4 Å². The van der Waals surface area contributed by atoms with Gasteiger partial charge in [0.05, 0.1) is 22.4 Å². The molecule has 2 aromatic carbocycles. The summed E-state index contributed by atoms with van der Waals surface area (Å²) in [7, 11) is 0. The van der Waals surface area contributed by atoms with Crippen molar-refractivity contribution in [2.75, 3.05) is 0 Å². The summed E-state index contributed by atoms with van der Waals surface area (Å²) in [4.78, 5) is 0. The molecule has 4 aromatic rings. The minimum atomic E-state index is -0.713. The highest BCUT2D eigenvalue weighted by Gasteiger charge is 2.33. The smallest absolute Gasteiger partial charge is 0.128 e. The highest BCUT2D eigenvalue weighted by atomic mass is 19.1. The average Bonchev–Trinajstić information content (AvgIpc) is 3.25. The van der Waals surface area contributed by atoms with Crippen LogP contribution < -0.4 is 0 Å². The molecule has 30 heavy (non-hydrogen) atoms. The van der Waals surface area contributed by atoms with Crippen molar-refractivity contribution in [3.8, 4) is 0 Å². The molecule has 158 valence electrons. The lowest BCUT2D eigenvalue weighted by molar-refractivity contribution is 0.530. The van der Waals surface area contributed by atoms with Crippen LogP contribution in [0.2, 0.25) is 0 Å². The molecule has 0 bridgehead atoms. The number of fused-ring (bicyclic) bond motifs is 2. The molecule has 4 nitrogen and oxygen atoms in total. The first kappa shape index (κ1) is 20.5. The fourth-order valence-corrected chi connectivity index (χ4v) is 4.34. The molecule has 0 spiro atoms. The van der Waals surface area contributed by atoms with Crippen LogP contribution in [0.4, 0.5) is 8.78 Å². The maximum Gasteiger partial charge on any atom is 0.128 e. The average molecular weight is 411 g/mol. The van der Waals surface area contributed by atoms with Gasteiger partial charge >= 0.3 is 0 Å². The topological polar surface area (TPSA) is 35.6 Å². The summed E-state index contributed by atoms with van der Waals surface area (Å²) in [6.07, 6.45) is 0. The summed E-state index contributed by atoms with van der Waals surface area (Å²) >= 11 is 0. The van der Waals surface area contributed by atoms with Gasteiger partial charge in [-0.2, -0.15) is 10.2 Å². The molecule has 2 heterocycles. The zero-order valence-corrected chi connectivity index (χ0v) is 18.4. The molecule has 0 unspecified atom stereocenters. The van der Waals surface area contributed by atoms with Gasteiger partial charge < -0.3 is 0 Å². The Bertz CT molecular complexity index is 1250. The molecule has 2 aromatic heterocycles. The fraction of sp³-hybridized carbons (Fsp3) is 0.417. The van der Waals surface area contributed by atoms with Crippen LogP contribution >= 0.6 is 0 Å².